The van der Waals surface area contributed by atoms with Crippen LogP contribution in [0, 0.1) is 0 Å². The molecule has 3 nitrogen and oxygen atoms in total. The molecule has 0 fully saturated rings. The van der Waals surface area contributed by atoms with Gasteiger partial charge in [0.15, 0.2) is 23.4 Å². The van der Waals surface area contributed by atoms with Crippen LogP contribution in [0.1, 0.15) is 0 Å². The van der Waals surface area contributed by atoms with Crippen molar-refractivity contribution < 1.29 is 14.3 Å². The maximum Gasteiger partial charge on any atom is 0.191 e. The number of carbonyl (C=O) groups is 1. The highest BCUT2D eigenvalue weighted by molar-refractivity contribution is 9.09. The second kappa shape index (κ2) is 4.82. The first kappa shape index (κ1) is 12.0. The third-order valence-corrected chi connectivity index (χ3v) is 3.41. The van der Waals surface area contributed by atoms with E-state index in [4.69, 9.17) is 32.7 Å². The first-order chi connectivity index (χ1) is 7.61. The van der Waals surface area contributed by atoms with Crippen LogP contribution in [0.2, 0.25) is 10.0 Å². The highest BCUT2D eigenvalue weighted by Gasteiger charge is 2.27. The number of ketones is 1. The van der Waals surface area contributed by atoms with E-state index in [2.05, 4.69) is 15.9 Å². The summed E-state index contributed by atoms with van der Waals surface area (Å²) in [7, 11) is 0. The number of ether oxygens (including phenoxy) is 2. The van der Waals surface area contributed by atoms with E-state index in [1.807, 2.05) is 0 Å². The highest BCUT2D eigenvalue weighted by atomic mass is 79.9. The fraction of sp³-hybridized carbons (Fsp3) is 0.300. The summed E-state index contributed by atoms with van der Waals surface area (Å²) >= 11 is 14.8. The quantitative estimate of drug-likeness (QED) is 0.784. The molecule has 0 N–H and O–H groups in total. The first-order valence-electron chi connectivity index (χ1n) is 4.49. The maximum absolute atomic E-state index is 11.4. The van der Waals surface area contributed by atoms with Gasteiger partial charge in [-0.3, -0.25) is 4.79 Å². The van der Waals surface area contributed by atoms with Gasteiger partial charge in [-0.25, -0.2) is 0 Å². The Kier molecular flexibility index (Phi) is 3.62. The number of hydrogen-bond acceptors (Lipinski definition) is 3. The molecule has 0 aromatic heterocycles. The molecule has 1 unspecified atom stereocenters. The number of benzene rings is 1. The predicted molar refractivity (Wildman–Crippen MR) is 65.2 cm³/mol. The van der Waals surface area contributed by atoms with E-state index >= 15 is 0 Å². The molecular formula is C10H7BrCl2O3. The molecule has 0 saturated heterocycles. The number of halogens is 3. The topological polar surface area (TPSA) is 35.5 Å². The minimum absolute atomic E-state index is 0.0725. The van der Waals surface area contributed by atoms with Gasteiger partial charge in [-0.2, -0.15) is 0 Å². The van der Waals surface area contributed by atoms with Crippen molar-refractivity contribution in [2.45, 2.75) is 6.10 Å². The summed E-state index contributed by atoms with van der Waals surface area (Å²) in [5.41, 5.74) is 0. The molecule has 2 rings (SSSR count). The van der Waals surface area contributed by atoms with Gasteiger partial charge in [0.25, 0.3) is 0 Å². The van der Waals surface area contributed by atoms with Gasteiger partial charge in [-0.15, -0.1) is 0 Å². The van der Waals surface area contributed by atoms with Gasteiger partial charge < -0.3 is 9.47 Å². The molecule has 16 heavy (non-hydrogen) atoms. The van der Waals surface area contributed by atoms with Crippen molar-refractivity contribution >= 4 is 44.9 Å². The van der Waals surface area contributed by atoms with E-state index in [0.29, 0.717) is 21.5 Å². The van der Waals surface area contributed by atoms with Gasteiger partial charge in [0, 0.05) is 12.1 Å². The van der Waals surface area contributed by atoms with Gasteiger partial charge in [0.1, 0.15) is 6.61 Å². The summed E-state index contributed by atoms with van der Waals surface area (Å²) < 4.78 is 10.9. The van der Waals surface area contributed by atoms with E-state index in [9.17, 15) is 4.79 Å². The van der Waals surface area contributed by atoms with Gasteiger partial charge in [0.2, 0.25) is 0 Å². The Labute approximate surface area is 111 Å². The van der Waals surface area contributed by atoms with E-state index in [0.717, 1.165) is 0 Å². The summed E-state index contributed by atoms with van der Waals surface area (Å²) in [5, 5.41) is 1.00. The third kappa shape index (κ3) is 2.29. The normalized spacial score (nSPS) is 18.3. The lowest BCUT2D eigenvalue weighted by Gasteiger charge is -2.25. The van der Waals surface area contributed by atoms with Crippen LogP contribution >= 0.6 is 39.1 Å². The Bertz CT molecular complexity index is 436. The van der Waals surface area contributed by atoms with Crippen molar-refractivity contribution in [3.8, 4) is 11.5 Å². The molecule has 1 atom stereocenters. The zero-order valence-corrected chi connectivity index (χ0v) is 11.1. The highest BCUT2D eigenvalue weighted by Crippen LogP contribution is 2.38. The molecule has 0 spiro atoms. The lowest BCUT2D eigenvalue weighted by atomic mass is 10.2. The maximum atomic E-state index is 11.4. The van der Waals surface area contributed by atoms with Gasteiger partial charge >= 0.3 is 0 Å². The van der Waals surface area contributed by atoms with Crippen LogP contribution in [0.3, 0.4) is 0 Å². The minimum Gasteiger partial charge on any atom is -0.485 e. The molecule has 0 amide bonds. The number of Topliss-reactive ketones (excluding diaryl/α,β-unsaturated/α-hetero) is 1. The van der Waals surface area contributed by atoms with Crippen LogP contribution in [0.15, 0.2) is 12.1 Å². The lowest BCUT2D eigenvalue weighted by molar-refractivity contribution is -0.125. The SMILES string of the molecule is O=C(CBr)C1COc2cc(Cl)c(Cl)cc2O1. The van der Waals surface area contributed by atoms with Crippen molar-refractivity contribution in [2.24, 2.45) is 0 Å². The molecule has 1 aromatic carbocycles. The van der Waals surface area contributed by atoms with Crippen LogP contribution in [0.25, 0.3) is 0 Å². The number of fused-ring (bicyclic) bond motifs is 1. The summed E-state index contributed by atoms with van der Waals surface area (Å²) in [6.07, 6.45) is -0.593. The molecule has 1 aliphatic rings. The second-order valence-corrected chi connectivity index (χ2v) is 4.61. The summed E-state index contributed by atoms with van der Waals surface area (Å²) in [5.74, 6) is 0.879. The Morgan fingerprint density at radius 3 is 2.62 bits per heavy atom. The third-order valence-electron chi connectivity index (χ3n) is 2.14. The fourth-order valence-electron chi connectivity index (χ4n) is 1.31. The molecule has 0 bridgehead atoms. The summed E-state index contributed by atoms with van der Waals surface area (Å²) in [6.45, 7) is 0.190. The van der Waals surface area contributed by atoms with Crippen LogP contribution in [-0.2, 0) is 4.79 Å². The van der Waals surface area contributed by atoms with Crippen LogP contribution in [0.4, 0.5) is 0 Å². The Balaban J connectivity index is 2.27. The predicted octanol–water partition coefficient (Wildman–Crippen LogP) is 3.10. The zero-order chi connectivity index (χ0) is 11.7. The van der Waals surface area contributed by atoms with Crippen molar-refractivity contribution in [1.29, 1.82) is 0 Å². The molecule has 0 saturated carbocycles. The van der Waals surface area contributed by atoms with E-state index < -0.39 is 6.10 Å². The monoisotopic (exact) mass is 324 g/mol. The zero-order valence-electron chi connectivity index (χ0n) is 8.00. The Morgan fingerprint density at radius 2 is 2.00 bits per heavy atom. The Morgan fingerprint density at radius 1 is 1.38 bits per heavy atom. The van der Waals surface area contributed by atoms with Crippen molar-refractivity contribution in [3.63, 3.8) is 0 Å². The number of carbonyl (C=O) groups excluding carboxylic acids is 1. The molecule has 1 heterocycles. The summed E-state index contributed by atoms with van der Waals surface area (Å²) in [6, 6.07) is 3.13. The molecular weight excluding hydrogens is 319 g/mol. The number of hydrogen-bond donors (Lipinski definition) is 0. The average Bonchev–Trinajstić information content (AvgIpc) is 2.29. The second-order valence-electron chi connectivity index (χ2n) is 3.23. The smallest absolute Gasteiger partial charge is 0.191 e. The fourth-order valence-corrected chi connectivity index (χ4v) is 1.98. The van der Waals surface area contributed by atoms with E-state index in [1.165, 1.54) is 0 Å². The van der Waals surface area contributed by atoms with Gasteiger partial charge in [0.05, 0.1) is 15.4 Å². The molecule has 86 valence electrons. The molecule has 1 aliphatic heterocycles. The Hall–Kier alpha value is -0.450. The largest absolute Gasteiger partial charge is 0.485 e. The first-order valence-corrected chi connectivity index (χ1v) is 6.36. The standard InChI is InChI=1S/C10H7BrCl2O3/c11-3-7(14)10-4-15-8-1-5(12)6(13)2-9(8)16-10/h1-2,10H,3-4H2. The molecule has 6 heteroatoms. The minimum atomic E-state index is -0.593. The average molecular weight is 326 g/mol. The van der Waals surface area contributed by atoms with Crippen molar-refractivity contribution in [2.75, 3.05) is 11.9 Å². The van der Waals surface area contributed by atoms with Crippen molar-refractivity contribution in [3.05, 3.63) is 22.2 Å². The lowest BCUT2D eigenvalue weighted by Crippen LogP contribution is -2.37. The molecule has 0 aliphatic carbocycles. The van der Waals surface area contributed by atoms with E-state index in [-0.39, 0.29) is 17.7 Å². The number of rotatable bonds is 2. The number of alkyl halides is 1. The van der Waals surface area contributed by atoms with Crippen molar-refractivity contribution in [1.82, 2.24) is 0 Å². The van der Waals surface area contributed by atoms with Gasteiger partial charge in [-0.05, 0) is 0 Å². The molecule has 0 radical (unpaired) electrons. The van der Waals surface area contributed by atoms with E-state index in [1.54, 1.807) is 12.1 Å². The summed E-state index contributed by atoms with van der Waals surface area (Å²) in [4.78, 5) is 11.4. The molecule has 1 aromatic rings. The van der Waals surface area contributed by atoms with Gasteiger partial charge in [-0.1, -0.05) is 39.1 Å². The van der Waals surface area contributed by atoms with Crippen LogP contribution in [-0.4, -0.2) is 23.8 Å². The van der Waals surface area contributed by atoms with Crippen LogP contribution < -0.4 is 9.47 Å². The van der Waals surface area contributed by atoms with Crippen LogP contribution in [0.5, 0.6) is 11.5 Å².